The summed E-state index contributed by atoms with van der Waals surface area (Å²) in [5.74, 6) is -3.12. The quantitative estimate of drug-likeness (QED) is 0.351. The monoisotopic (exact) mass is 458 g/mol. The minimum Gasteiger partial charge on any atom is -0.340 e. The number of benzene rings is 2. The predicted molar refractivity (Wildman–Crippen MR) is 113 cm³/mol. The van der Waals surface area contributed by atoms with Crippen LogP contribution >= 0.6 is 0 Å². The van der Waals surface area contributed by atoms with Crippen molar-refractivity contribution in [1.29, 1.82) is 0 Å². The molecule has 1 atom stereocenters. The van der Waals surface area contributed by atoms with Crippen molar-refractivity contribution >= 4 is 11.8 Å². The number of hydrogen-bond donors (Lipinski definition) is 3. The summed E-state index contributed by atoms with van der Waals surface area (Å²) in [7, 11) is 0. The molecule has 33 heavy (non-hydrogen) atoms. The van der Waals surface area contributed by atoms with Crippen LogP contribution in [0.4, 0.5) is 13.2 Å². The van der Waals surface area contributed by atoms with Crippen molar-refractivity contribution in [1.82, 2.24) is 10.8 Å². The van der Waals surface area contributed by atoms with Gasteiger partial charge in [0.15, 0.2) is 17.5 Å². The van der Waals surface area contributed by atoms with Crippen LogP contribution < -0.4 is 10.8 Å². The van der Waals surface area contributed by atoms with E-state index in [4.69, 9.17) is 0 Å². The Morgan fingerprint density at radius 1 is 0.848 bits per heavy atom. The molecule has 2 aromatic rings. The summed E-state index contributed by atoms with van der Waals surface area (Å²) >= 11 is 0. The van der Waals surface area contributed by atoms with Gasteiger partial charge in [-0.1, -0.05) is 24.3 Å². The van der Waals surface area contributed by atoms with Crippen LogP contribution in [0.25, 0.3) is 11.1 Å². The molecule has 4 saturated carbocycles. The third kappa shape index (κ3) is 4.01. The van der Waals surface area contributed by atoms with Crippen LogP contribution in [0, 0.1) is 47.0 Å². The standard InChI is InChI=1S/C25H25F3N2O3/c26-19-10-16(11-20(27)22(19)28)14-1-3-15(4-2-14)23(25(32)30-33)29-24(31)21-17-6-12-5-13(8-17)9-18(21)7-12/h1-4,10-13,17-18,21,23,33H,5-9H2,(H,29,31)(H,30,32)/t12?,13?,17?,18?,21?,23-/m1/s1. The zero-order valence-corrected chi connectivity index (χ0v) is 17.9. The van der Waals surface area contributed by atoms with Crippen molar-refractivity contribution in [3.05, 3.63) is 59.4 Å². The average Bonchev–Trinajstić information content (AvgIpc) is 2.79. The summed E-state index contributed by atoms with van der Waals surface area (Å²) in [4.78, 5) is 25.6. The first-order valence-corrected chi connectivity index (χ1v) is 11.3. The van der Waals surface area contributed by atoms with Gasteiger partial charge in [-0.2, -0.15) is 0 Å². The summed E-state index contributed by atoms with van der Waals surface area (Å²) in [6.45, 7) is 0. The minimum atomic E-state index is -1.54. The van der Waals surface area contributed by atoms with Crippen molar-refractivity contribution in [2.75, 3.05) is 0 Å². The lowest BCUT2D eigenvalue weighted by atomic mass is 9.51. The Labute approximate surface area is 189 Å². The molecule has 4 fully saturated rings. The molecular weight excluding hydrogens is 433 g/mol. The first-order valence-electron chi connectivity index (χ1n) is 11.3. The predicted octanol–water partition coefficient (Wildman–Crippen LogP) is 4.51. The highest BCUT2D eigenvalue weighted by molar-refractivity contribution is 5.89. The van der Waals surface area contributed by atoms with Gasteiger partial charge in [0, 0.05) is 5.92 Å². The Balaban J connectivity index is 1.36. The third-order valence-corrected chi connectivity index (χ3v) is 7.75. The van der Waals surface area contributed by atoms with E-state index in [9.17, 15) is 28.0 Å². The van der Waals surface area contributed by atoms with Gasteiger partial charge in [0.1, 0.15) is 6.04 Å². The van der Waals surface area contributed by atoms with E-state index in [-0.39, 0.29) is 17.4 Å². The lowest BCUT2D eigenvalue weighted by Gasteiger charge is -2.53. The number of hydroxylamine groups is 1. The number of hydrogen-bond acceptors (Lipinski definition) is 3. The van der Waals surface area contributed by atoms with Gasteiger partial charge in [-0.05, 0) is 84.6 Å². The number of carbonyl (C=O) groups is 2. The van der Waals surface area contributed by atoms with E-state index in [1.165, 1.54) is 30.7 Å². The summed E-state index contributed by atoms with van der Waals surface area (Å²) < 4.78 is 40.4. The second-order valence-corrected chi connectivity index (χ2v) is 9.75. The van der Waals surface area contributed by atoms with Gasteiger partial charge >= 0.3 is 0 Å². The fourth-order valence-corrected chi connectivity index (χ4v) is 6.55. The Hall–Kier alpha value is -2.87. The lowest BCUT2D eigenvalue weighted by molar-refractivity contribution is -0.143. The molecule has 5 nitrogen and oxygen atoms in total. The molecule has 0 heterocycles. The van der Waals surface area contributed by atoms with Gasteiger partial charge in [0.05, 0.1) is 0 Å². The second kappa shape index (κ2) is 8.48. The van der Waals surface area contributed by atoms with Crippen molar-refractivity contribution in [2.24, 2.45) is 29.6 Å². The molecule has 0 unspecified atom stereocenters. The van der Waals surface area contributed by atoms with Crippen molar-refractivity contribution < 1.29 is 28.0 Å². The molecule has 174 valence electrons. The molecule has 0 radical (unpaired) electrons. The molecule has 2 amide bonds. The Morgan fingerprint density at radius 2 is 1.39 bits per heavy atom. The number of amides is 2. The molecule has 0 saturated heterocycles. The number of carbonyl (C=O) groups excluding carboxylic acids is 2. The van der Waals surface area contributed by atoms with Crippen LogP contribution in [0.15, 0.2) is 36.4 Å². The molecule has 0 aliphatic heterocycles. The van der Waals surface area contributed by atoms with E-state index in [0.717, 1.165) is 37.8 Å². The number of nitrogens with one attached hydrogen (secondary N) is 2. The highest BCUT2D eigenvalue weighted by Gasteiger charge is 2.51. The fourth-order valence-electron chi connectivity index (χ4n) is 6.55. The summed E-state index contributed by atoms with van der Waals surface area (Å²) in [5, 5.41) is 12.1. The van der Waals surface area contributed by atoms with E-state index in [2.05, 4.69) is 5.32 Å². The van der Waals surface area contributed by atoms with Gasteiger partial charge in [-0.3, -0.25) is 14.8 Å². The molecule has 3 N–H and O–H groups in total. The van der Waals surface area contributed by atoms with Gasteiger partial charge in [0.2, 0.25) is 5.91 Å². The van der Waals surface area contributed by atoms with Gasteiger partial charge in [0.25, 0.3) is 5.91 Å². The van der Waals surface area contributed by atoms with E-state index in [1.807, 2.05) is 0 Å². The maximum atomic E-state index is 13.6. The van der Waals surface area contributed by atoms with E-state index in [1.54, 1.807) is 5.48 Å². The fraction of sp³-hybridized carbons (Fsp3) is 0.440. The van der Waals surface area contributed by atoms with Crippen molar-refractivity contribution in [2.45, 2.75) is 38.1 Å². The molecule has 4 aliphatic carbocycles. The van der Waals surface area contributed by atoms with Crippen molar-refractivity contribution in [3.63, 3.8) is 0 Å². The molecule has 0 spiro atoms. The maximum Gasteiger partial charge on any atom is 0.270 e. The normalized spacial score (nSPS) is 28.4. The van der Waals surface area contributed by atoms with Crippen LogP contribution in [0.5, 0.6) is 0 Å². The van der Waals surface area contributed by atoms with Crippen molar-refractivity contribution in [3.8, 4) is 11.1 Å². The van der Waals surface area contributed by atoms with Gasteiger partial charge < -0.3 is 5.32 Å². The molecule has 6 rings (SSSR count). The first kappa shape index (κ1) is 21.9. The highest BCUT2D eigenvalue weighted by Crippen LogP contribution is 2.56. The summed E-state index contributed by atoms with van der Waals surface area (Å²) in [5.41, 5.74) is 2.56. The number of rotatable bonds is 5. The zero-order valence-electron chi connectivity index (χ0n) is 17.9. The van der Waals surface area contributed by atoms with Crippen LogP contribution in [-0.4, -0.2) is 17.0 Å². The largest absolute Gasteiger partial charge is 0.340 e. The maximum absolute atomic E-state index is 13.6. The second-order valence-electron chi connectivity index (χ2n) is 9.75. The van der Waals surface area contributed by atoms with Crippen LogP contribution in [-0.2, 0) is 9.59 Å². The smallest absolute Gasteiger partial charge is 0.270 e. The van der Waals surface area contributed by atoms with Gasteiger partial charge in [-0.15, -0.1) is 0 Å². The number of halogens is 3. The minimum absolute atomic E-state index is 0.128. The molecule has 4 aliphatic rings. The Bertz CT molecular complexity index is 1040. The first-order chi connectivity index (χ1) is 15.8. The van der Waals surface area contributed by atoms with E-state index in [0.29, 0.717) is 34.8 Å². The third-order valence-electron chi connectivity index (χ3n) is 7.75. The molecule has 8 heteroatoms. The topological polar surface area (TPSA) is 78.4 Å². The molecule has 0 aromatic heterocycles. The van der Waals surface area contributed by atoms with Crippen LogP contribution in [0.1, 0.15) is 43.7 Å². The molecule has 4 bridgehead atoms. The zero-order chi connectivity index (χ0) is 23.3. The van der Waals surface area contributed by atoms with Crippen LogP contribution in [0.2, 0.25) is 0 Å². The lowest BCUT2D eigenvalue weighted by Crippen LogP contribution is -2.52. The molecule has 2 aromatic carbocycles. The van der Waals surface area contributed by atoms with E-state index < -0.39 is 29.4 Å². The summed E-state index contributed by atoms with van der Waals surface area (Å²) in [6, 6.07) is 6.77. The van der Waals surface area contributed by atoms with E-state index >= 15 is 0 Å². The Kier molecular flexibility index (Phi) is 5.64. The molecular formula is C25H25F3N2O3. The summed E-state index contributed by atoms with van der Waals surface area (Å²) in [6.07, 6.45) is 5.50. The van der Waals surface area contributed by atoms with Gasteiger partial charge in [-0.25, -0.2) is 18.7 Å². The average molecular weight is 458 g/mol. The Morgan fingerprint density at radius 3 is 1.91 bits per heavy atom. The van der Waals surface area contributed by atoms with Crippen LogP contribution in [0.3, 0.4) is 0 Å². The SMILES string of the molecule is O=C(N[C@@H](C(=O)NO)c1ccc(-c2cc(F)c(F)c(F)c2)cc1)C1C2CC3CC(C2)CC1C3. The highest BCUT2D eigenvalue weighted by atomic mass is 19.2.